The number of carbonyl (C=O) groups is 2. The van der Waals surface area contributed by atoms with E-state index in [1.807, 2.05) is 13.8 Å². The highest BCUT2D eigenvalue weighted by atomic mass is 16.5. The normalized spacial score (nSPS) is 18.7. The zero-order valence-electron chi connectivity index (χ0n) is 14.8. The zero-order valence-corrected chi connectivity index (χ0v) is 14.8. The van der Waals surface area contributed by atoms with E-state index in [0.29, 0.717) is 29.9 Å². The molecular weight excluding hydrogens is 326 g/mol. The summed E-state index contributed by atoms with van der Waals surface area (Å²) in [4.78, 5) is 23.4. The minimum absolute atomic E-state index is 0.210. The van der Waals surface area contributed by atoms with E-state index in [0.717, 1.165) is 16.7 Å². The quantitative estimate of drug-likeness (QED) is 0.277. The first-order chi connectivity index (χ1) is 11.6. The number of ether oxygens (including phenoxy) is 2. The maximum atomic E-state index is 11.9. The number of aliphatic carboxylic acids is 1. The molecule has 0 saturated carbocycles. The summed E-state index contributed by atoms with van der Waals surface area (Å²) < 4.78 is 11.3. The van der Waals surface area contributed by atoms with E-state index in [-0.39, 0.29) is 12.5 Å². The van der Waals surface area contributed by atoms with Gasteiger partial charge < -0.3 is 25.6 Å². The van der Waals surface area contributed by atoms with Crippen LogP contribution < -0.4 is 20.5 Å². The number of carbonyl (C=O) groups excluding carboxylic acids is 1. The van der Waals surface area contributed by atoms with Gasteiger partial charge in [0.05, 0.1) is 0 Å². The fraction of sp³-hybridized carbons (Fsp3) is 0.471. The molecule has 1 unspecified atom stereocenters. The molecule has 25 heavy (non-hydrogen) atoms. The van der Waals surface area contributed by atoms with Gasteiger partial charge in [-0.3, -0.25) is 5.41 Å². The molecule has 1 aliphatic heterocycles. The zero-order chi connectivity index (χ0) is 18.9. The van der Waals surface area contributed by atoms with Crippen LogP contribution in [-0.2, 0) is 16.0 Å². The molecule has 1 aromatic carbocycles. The van der Waals surface area contributed by atoms with Crippen molar-refractivity contribution in [1.82, 2.24) is 5.32 Å². The number of guanidine groups is 1. The molecule has 1 aliphatic rings. The van der Waals surface area contributed by atoms with E-state index in [1.165, 1.54) is 0 Å². The van der Waals surface area contributed by atoms with Crippen LogP contribution >= 0.6 is 0 Å². The summed E-state index contributed by atoms with van der Waals surface area (Å²) in [6, 6.07) is 0. The molecular formula is C17H23N3O5. The van der Waals surface area contributed by atoms with Gasteiger partial charge in [-0.2, -0.15) is 0 Å². The summed E-state index contributed by atoms with van der Waals surface area (Å²) >= 11 is 0. The van der Waals surface area contributed by atoms with Crippen molar-refractivity contribution in [2.24, 2.45) is 5.73 Å². The van der Waals surface area contributed by atoms with E-state index < -0.39 is 17.5 Å². The Kier molecular flexibility index (Phi) is 4.92. The van der Waals surface area contributed by atoms with Crippen molar-refractivity contribution in [3.63, 3.8) is 0 Å². The Balaban J connectivity index is 2.38. The monoisotopic (exact) mass is 349 g/mol. The number of hydrogen-bond donors (Lipinski definition) is 4. The van der Waals surface area contributed by atoms with Crippen molar-refractivity contribution in [3.05, 3.63) is 22.3 Å². The summed E-state index contributed by atoms with van der Waals surface area (Å²) in [6.07, 6.45) is 0.847. The first kappa shape index (κ1) is 18.6. The van der Waals surface area contributed by atoms with Crippen LogP contribution in [0.15, 0.2) is 0 Å². The van der Waals surface area contributed by atoms with Crippen molar-refractivity contribution < 1.29 is 24.2 Å². The van der Waals surface area contributed by atoms with E-state index in [4.69, 9.17) is 20.6 Å². The molecule has 1 atom stereocenters. The first-order valence-electron chi connectivity index (χ1n) is 7.90. The highest BCUT2D eigenvalue weighted by molar-refractivity contribution is 5.83. The van der Waals surface area contributed by atoms with Crippen LogP contribution in [0.25, 0.3) is 0 Å². The SMILES string of the molecule is Cc1c(C)c2c(c(C)c1OC(=O)CNC(=N)N)CCC(C)(C(=O)O)O2. The first-order valence-corrected chi connectivity index (χ1v) is 7.90. The van der Waals surface area contributed by atoms with Crippen LogP contribution in [0.1, 0.15) is 35.6 Å². The highest BCUT2D eigenvalue weighted by Gasteiger charge is 2.41. The molecule has 5 N–H and O–H groups in total. The molecule has 0 saturated heterocycles. The number of nitrogens with two attached hydrogens (primary N) is 1. The summed E-state index contributed by atoms with van der Waals surface area (Å²) in [5.41, 5.74) is 6.95. The molecule has 0 aliphatic carbocycles. The maximum absolute atomic E-state index is 11.9. The molecule has 1 aromatic rings. The lowest BCUT2D eigenvalue weighted by Gasteiger charge is -2.35. The molecule has 0 radical (unpaired) electrons. The average molecular weight is 349 g/mol. The summed E-state index contributed by atoms with van der Waals surface area (Å²) in [5, 5.41) is 18.9. The van der Waals surface area contributed by atoms with E-state index >= 15 is 0 Å². The van der Waals surface area contributed by atoms with Gasteiger partial charge in [0, 0.05) is 12.0 Å². The van der Waals surface area contributed by atoms with Gasteiger partial charge in [0.15, 0.2) is 5.96 Å². The third kappa shape index (κ3) is 3.52. The largest absolute Gasteiger partial charge is 0.478 e. The van der Waals surface area contributed by atoms with Crippen LogP contribution in [0.3, 0.4) is 0 Å². The second kappa shape index (κ2) is 6.62. The highest BCUT2D eigenvalue weighted by Crippen LogP contribution is 2.43. The number of rotatable bonds is 4. The van der Waals surface area contributed by atoms with Gasteiger partial charge in [-0.05, 0) is 50.8 Å². The number of hydrogen-bond acceptors (Lipinski definition) is 5. The smallest absolute Gasteiger partial charge is 0.347 e. The Morgan fingerprint density at radius 1 is 1.32 bits per heavy atom. The van der Waals surface area contributed by atoms with Gasteiger partial charge in [-0.15, -0.1) is 0 Å². The Morgan fingerprint density at radius 3 is 2.52 bits per heavy atom. The minimum Gasteiger partial charge on any atom is -0.478 e. The standard InChI is InChI=1S/C17H23N3O5/c1-8-9(2)14-11(5-6-17(4,25-14)15(22)23)10(3)13(8)24-12(21)7-20-16(18)19/h5-7H2,1-4H3,(H,22,23)(H4,18,19,20). The van der Waals surface area contributed by atoms with Gasteiger partial charge in [0.25, 0.3) is 0 Å². The van der Waals surface area contributed by atoms with Gasteiger partial charge in [0.2, 0.25) is 5.60 Å². The lowest BCUT2D eigenvalue weighted by Crippen LogP contribution is -2.44. The summed E-state index contributed by atoms with van der Waals surface area (Å²) in [5.74, 6) is -0.887. The molecule has 0 spiro atoms. The van der Waals surface area contributed by atoms with Gasteiger partial charge in [-0.1, -0.05) is 0 Å². The number of carboxylic acids is 1. The number of carboxylic acid groups (broad SMARTS) is 1. The van der Waals surface area contributed by atoms with E-state index in [9.17, 15) is 14.7 Å². The summed E-state index contributed by atoms with van der Waals surface area (Å²) in [6.45, 7) is 6.77. The van der Waals surface area contributed by atoms with Crippen LogP contribution in [0.4, 0.5) is 0 Å². The van der Waals surface area contributed by atoms with Crippen molar-refractivity contribution in [2.45, 2.75) is 46.1 Å². The molecule has 8 heteroatoms. The molecule has 2 rings (SSSR count). The number of benzene rings is 1. The fourth-order valence-corrected chi connectivity index (χ4v) is 2.86. The fourth-order valence-electron chi connectivity index (χ4n) is 2.86. The average Bonchev–Trinajstić information content (AvgIpc) is 2.54. The second-order valence-corrected chi connectivity index (χ2v) is 6.39. The molecule has 0 aromatic heterocycles. The molecule has 0 bridgehead atoms. The number of nitrogens with one attached hydrogen (secondary N) is 2. The Morgan fingerprint density at radius 2 is 1.96 bits per heavy atom. The molecule has 0 amide bonds. The van der Waals surface area contributed by atoms with E-state index in [2.05, 4.69) is 5.32 Å². The van der Waals surface area contributed by atoms with Crippen LogP contribution in [0.5, 0.6) is 11.5 Å². The van der Waals surface area contributed by atoms with E-state index in [1.54, 1.807) is 13.8 Å². The van der Waals surface area contributed by atoms with Crippen molar-refractivity contribution in [1.29, 1.82) is 5.41 Å². The Labute approximate surface area is 145 Å². The third-order valence-electron chi connectivity index (χ3n) is 4.58. The lowest BCUT2D eigenvalue weighted by atomic mass is 9.87. The third-order valence-corrected chi connectivity index (χ3v) is 4.58. The molecule has 0 fully saturated rings. The lowest BCUT2D eigenvalue weighted by molar-refractivity contribution is -0.155. The van der Waals surface area contributed by atoms with Gasteiger partial charge in [0.1, 0.15) is 18.0 Å². The van der Waals surface area contributed by atoms with Gasteiger partial charge in [-0.25, -0.2) is 9.59 Å². The van der Waals surface area contributed by atoms with Crippen molar-refractivity contribution >= 4 is 17.9 Å². The van der Waals surface area contributed by atoms with Crippen molar-refractivity contribution in [2.75, 3.05) is 6.54 Å². The second-order valence-electron chi connectivity index (χ2n) is 6.39. The predicted molar refractivity (Wildman–Crippen MR) is 91.2 cm³/mol. The number of fused-ring (bicyclic) bond motifs is 1. The minimum atomic E-state index is -1.26. The predicted octanol–water partition coefficient (Wildman–Crippen LogP) is 1.17. The topological polar surface area (TPSA) is 135 Å². The van der Waals surface area contributed by atoms with Crippen molar-refractivity contribution in [3.8, 4) is 11.5 Å². The Hall–Kier alpha value is -2.77. The Bertz CT molecular complexity index is 759. The summed E-state index contributed by atoms with van der Waals surface area (Å²) in [7, 11) is 0. The molecule has 8 nitrogen and oxygen atoms in total. The van der Waals surface area contributed by atoms with Crippen LogP contribution in [-0.4, -0.2) is 35.2 Å². The molecule has 1 heterocycles. The maximum Gasteiger partial charge on any atom is 0.347 e. The molecule has 136 valence electrons. The van der Waals surface area contributed by atoms with Gasteiger partial charge >= 0.3 is 11.9 Å². The van der Waals surface area contributed by atoms with Crippen LogP contribution in [0.2, 0.25) is 0 Å². The van der Waals surface area contributed by atoms with Crippen LogP contribution in [0, 0.1) is 26.2 Å². The number of esters is 1.